The van der Waals surface area contributed by atoms with E-state index in [1.165, 1.54) is 30.3 Å². The molecule has 0 unspecified atom stereocenters. The van der Waals surface area contributed by atoms with Gasteiger partial charge in [0.25, 0.3) is 27.7 Å². The number of nitrogens with zero attached hydrogens (tertiary/aromatic N) is 3. The Hall–Kier alpha value is -4.42. The van der Waals surface area contributed by atoms with Crippen LogP contribution in [0, 0.1) is 0 Å². The summed E-state index contributed by atoms with van der Waals surface area (Å²) < 4.78 is 27.7. The van der Waals surface area contributed by atoms with E-state index in [9.17, 15) is 22.8 Å². The van der Waals surface area contributed by atoms with Gasteiger partial charge in [-0.25, -0.2) is 13.3 Å². The summed E-state index contributed by atoms with van der Waals surface area (Å²) in [5.74, 6) is -1.40. The number of aromatic nitrogens is 2. The molecular weight excluding hydrogens is 514 g/mol. The Kier molecular flexibility index (Phi) is 6.27. The first-order valence-corrected chi connectivity index (χ1v) is 13.4. The number of rotatable bonds is 7. The van der Waals surface area contributed by atoms with Crippen LogP contribution in [0.1, 0.15) is 43.0 Å². The number of hydrogen-bond acceptors (Lipinski definition) is 8. The maximum atomic E-state index is 12.9. The molecule has 0 aliphatic carbocycles. The van der Waals surface area contributed by atoms with E-state index < -0.39 is 27.7 Å². The average Bonchev–Trinajstić information content (AvgIpc) is 3.45. The fourth-order valence-corrected chi connectivity index (χ4v) is 5.65. The smallest absolute Gasteiger partial charge is 0.266 e. The van der Waals surface area contributed by atoms with Gasteiger partial charge in [-0.2, -0.15) is 0 Å². The van der Waals surface area contributed by atoms with Crippen molar-refractivity contribution >= 4 is 55.6 Å². The van der Waals surface area contributed by atoms with Gasteiger partial charge in [-0.05, 0) is 61.0 Å². The van der Waals surface area contributed by atoms with Crippen LogP contribution in [-0.4, -0.2) is 36.3 Å². The number of hydrogen-bond donors (Lipinski definition) is 2. The third-order valence-corrected chi connectivity index (χ3v) is 8.04. The van der Waals surface area contributed by atoms with Gasteiger partial charge in [0.2, 0.25) is 5.13 Å². The van der Waals surface area contributed by atoms with Gasteiger partial charge in [-0.1, -0.05) is 36.5 Å². The predicted octanol–water partition coefficient (Wildman–Crippen LogP) is 3.95. The van der Waals surface area contributed by atoms with Crippen molar-refractivity contribution in [3.8, 4) is 0 Å². The molecule has 0 radical (unpaired) electrons. The summed E-state index contributed by atoms with van der Waals surface area (Å²) in [4.78, 5) is 39.4. The van der Waals surface area contributed by atoms with Crippen LogP contribution in [0.2, 0.25) is 0 Å². The predicted molar refractivity (Wildman–Crippen MR) is 139 cm³/mol. The highest BCUT2D eigenvalue weighted by atomic mass is 32.2. The van der Waals surface area contributed by atoms with Gasteiger partial charge in [-0.15, -0.1) is 10.2 Å². The molecule has 0 saturated heterocycles. The number of carbonyl (C=O) groups is 3. The average molecular weight is 534 g/mol. The second-order valence-electron chi connectivity index (χ2n) is 7.98. The van der Waals surface area contributed by atoms with Crippen molar-refractivity contribution in [2.45, 2.75) is 18.2 Å². The Morgan fingerprint density at radius 3 is 2.22 bits per heavy atom. The van der Waals surface area contributed by atoms with Crippen LogP contribution in [0.5, 0.6) is 0 Å². The topological polar surface area (TPSA) is 138 Å². The number of aryl methyl sites for hydroxylation is 1. The minimum atomic E-state index is -3.88. The normalized spacial score (nSPS) is 12.9. The summed E-state index contributed by atoms with van der Waals surface area (Å²) in [5.41, 5.74) is 1.47. The van der Waals surface area contributed by atoms with E-state index in [-0.39, 0.29) is 21.3 Å². The SMILES string of the molecule is CCc1nnc(NS(=O)(=O)c2ccc(NC(=O)c3cccc(N4C(=O)c5ccccc5C4=O)c3)cc2)s1. The molecule has 2 heterocycles. The largest absolute Gasteiger partial charge is 0.322 e. The van der Waals surface area contributed by atoms with Crippen molar-refractivity contribution in [1.82, 2.24) is 10.2 Å². The van der Waals surface area contributed by atoms with Gasteiger partial charge in [0.05, 0.1) is 21.7 Å². The zero-order valence-electron chi connectivity index (χ0n) is 19.3. The summed E-state index contributed by atoms with van der Waals surface area (Å²) in [6.07, 6.45) is 0.648. The summed E-state index contributed by atoms with van der Waals surface area (Å²) >= 11 is 1.16. The molecule has 3 amide bonds. The number of imide groups is 1. The molecule has 12 heteroatoms. The molecular formula is C25H19N5O5S2. The molecule has 1 aliphatic rings. The lowest BCUT2D eigenvalue weighted by Gasteiger charge is -2.15. The minimum absolute atomic E-state index is 0.00799. The van der Waals surface area contributed by atoms with E-state index in [1.807, 2.05) is 6.92 Å². The van der Waals surface area contributed by atoms with Gasteiger partial charge >= 0.3 is 0 Å². The van der Waals surface area contributed by atoms with E-state index >= 15 is 0 Å². The van der Waals surface area contributed by atoms with Crippen LogP contribution in [-0.2, 0) is 16.4 Å². The van der Waals surface area contributed by atoms with Crippen LogP contribution in [0.3, 0.4) is 0 Å². The molecule has 2 N–H and O–H groups in total. The molecule has 37 heavy (non-hydrogen) atoms. The van der Waals surface area contributed by atoms with E-state index in [2.05, 4.69) is 20.2 Å². The highest BCUT2D eigenvalue weighted by Crippen LogP contribution is 2.29. The Morgan fingerprint density at radius 1 is 0.919 bits per heavy atom. The number of benzene rings is 3. The minimum Gasteiger partial charge on any atom is -0.322 e. The second kappa shape index (κ2) is 9.56. The Balaban J connectivity index is 1.30. The molecule has 1 aliphatic heterocycles. The number of amides is 3. The molecule has 186 valence electrons. The van der Waals surface area contributed by atoms with Gasteiger partial charge in [0, 0.05) is 11.3 Å². The number of fused-ring (bicyclic) bond motifs is 1. The zero-order chi connectivity index (χ0) is 26.2. The molecule has 5 rings (SSSR count). The van der Waals surface area contributed by atoms with E-state index in [0.717, 1.165) is 16.2 Å². The highest BCUT2D eigenvalue weighted by Gasteiger charge is 2.36. The van der Waals surface area contributed by atoms with Crippen LogP contribution < -0.4 is 14.9 Å². The second-order valence-corrected chi connectivity index (χ2v) is 10.7. The monoisotopic (exact) mass is 533 g/mol. The standard InChI is InChI=1S/C25H19N5O5S2/c1-2-21-27-28-25(36-21)29-37(34,35)18-12-10-16(11-13-18)26-22(31)15-6-5-7-17(14-15)30-23(32)19-8-3-4-9-20(19)24(30)33/h3-14H,2H2,1H3,(H,26,31)(H,28,29). The van der Waals surface area contributed by atoms with Gasteiger partial charge in [-0.3, -0.25) is 19.1 Å². The zero-order valence-corrected chi connectivity index (χ0v) is 21.0. The molecule has 0 fully saturated rings. The lowest BCUT2D eigenvalue weighted by Crippen LogP contribution is -2.29. The first kappa shape index (κ1) is 24.3. The molecule has 4 aromatic rings. The molecule has 1 aromatic heterocycles. The maximum Gasteiger partial charge on any atom is 0.266 e. The summed E-state index contributed by atoms with van der Waals surface area (Å²) in [5, 5.41) is 11.3. The van der Waals surface area contributed by atoms with E-state index in [1.54, 1.807) is 42.5 Å². The molecule has 0 bridgehead atoms. The first-order chi connectivity index (χ1) is 17.8. The molecule has 3 aromatic carbocycles. The van der Waals surface area contributed by atoms with Gasteiger partial charge < -0.3 is 5.32 Å². The quantitative estimate of drug-likeness (QED) is 0.343. The van der Waals surface area contributed by atoms with Crippen molar-refractivity contribution in [3.63, 3.8) is 0 Å². The summed E-state index contributed by atoms with van der Waals surface area (Å²) in [6, 6.07) is 18.3. The fourth-order valence-electron chi connectivity index (χ4n) is 3.74. The maximum absolute atomic E-state index is 12.9. The van der Waals surface area contributed by atoms with Crippen molar-refractivity contribution in [1.29, 1.82) is 0 Å². The molecule has 10 nitrogen and oxygen atoms in total. The van der Waals surface area contributed by atoms with E-state index in [0.29, 0.717) is 28.2 Å². The third-order valence-electron chi connectivity index (χ3n) is 5.57. The lowest BCUT2D eigenvalue weighted by molar-refractivity contribution is 0.0924. The number of anilines is 3. The van der Waals surface area contributed by atoms with Crippen LogP contribution in [0.15, 0.2) is 77.7 Å². The fraction of sp³-hybridized carbons (Fsp3) is 0.0800. The number of nitrogens with one attached hydrogen (secondary N) is 2. The van der Waals surface area contributed by atoms with Gasteiger partial charge in [0.1, 0.15) is 5.01 Å². The van der Waals surface area contributed by atoms with Crippen molar-refractivity contribution in [2.24, 2.45) is 0 Å². The summed E-state index contributed by atoms with van der Waals surface area (Å²) in [7, 11) is -3.88. The Bertz CT molecular complexity index is 1610. The van der Waals surface area contributed by atoms with Crippen molar-refractivity contribution in [2.75, 3.05) is 14.9 Å². The van der Waals surface area contributed by atoms with Crippen molar-refractivity contribution in [3.05, 3.63) is 94.5 Å². The Labute approximate surface area is 216 Å². The van der Waals surface area contributed by atoms with Crippen LogP contribution >= 0.6 is 11.3 Å². The lowest BCUT2D eigenvalue weighted by atomic mass is 10.1. The summed E-state index contributed by atoms with van der Waals surface area (Å²) in [6.45, 7) is 1.90. The first-order valence-electron chi connectivity index (χ1n) is 11.1. The number of sulfonamides is 1. The molecule has 0 atom stereocenters. The molecule has 0 spiro atoms. The van der Waals surface area contributed by atoms with E-state index in [4.69, 9.17) is 0 Å². The molecule has 0 saturated carbocycles. The third kappa shape index (κ3) is 4.71. The van der Waals surface area contributed by atoms with Crippen LogP contribution in [0.4, 0.5) is 16.5 Å². The van der Waals surface area contributed by atoms with Crippen LogP contribution in [0.25, 0.3) is 0 Å². The van der Waals surface area contributed by atoms with Gasteiger partial charge in [0.15, 0.2) is 0 Å². The Morgan fingerprint density at radius 2 is 1.59 bits per heavy atom. The van der Waals surface area contributed by atoms with Crippen molar-refractivity contribution < 1.29 is 22.8 Å². The highest BCUT2D eigenvalue weighted by molar-refractivity contribution is 7.93. The number of carbonyl (C=O) groups excluding carboxylic acids is 3.